The summed E-state index contributed by atoms with van der Waals surface area (Å²) in [7, 11) is 0. The van der Waals surface area contributed by atoms with Crippen LogP contribution in [0, 0.1) is 5.82 Å². The third kappa shape index (κ3) is 3.71. The number of carbonyl (C=O) groups is 2. The summed E-state index contributed by atoms with van der Waals surface area (Å²) in [6.45, 7) is 0.162. The lowest BCUT2D eigenvalue weighted by Gasteiger charge is -2.12. The Kier molecular flexibility index (Phi) is 5.08. The van der Waals surface area contributed by atoms with E-state index in [4.69, 9.17) is 11.6 Å². The largest absolute Gasteiger partial charge is 0.293 e. The van der Waals surface area contributed by atoms with E-state index in [2.05, 4.69) is 15.9 Å². The molecule has 122 valence electrons. The topological polar surface area (TPSA) is 37.4 Å². The molecule has 1 fully saturated rings. The van der Waals surface area contributed by atoms with E-state index in [0.717, 1.165) is 17.3 Å². The van der Waals surface area contributed by atoms with Gasteiger partial charge in [0.05, 0.1) is 15.9 Å². The van der Waals surface area contributed by atoms with Crippen molar-refractivity contribution in [2.45, 2.75) is 6.54 Å². The van der Waals surface area contributed by atoms with Crippen molar-refractivity contribution < 1.29 is 14.0 Å². The molecule has 7 heteroatoms. The molecule has 0 radical (unpaired) electrons. The molecule has 0 aliphatic carbocycles. The molecule has 0 unspecified atom stereocenters. The summed E-state index contributed by atoms with van der Waals surface area (Å²) in [6.07, 6.45) is 1.58. The van der Waals surface area contributed by atoms with Crippen LogP contribution in [0.1, 0.15) is 11.1 Å². The van der Waals surface area contributed by atoms with Crippen molar-refractivity contribution in [1.82, 2.24) is 4.90 Å². The van der Waals surface area contributed by atoms with Crippen LogP contribution >= 0.6 is 39.3 Å². The van der Waals surface area contributed by atoms with Gasteiger partial charge in [-0.1, -0.05) is 29.8 Å². The molecule has 1 aliphatic heterocycles. The fourth-order valence-corrected chi connectivity index (χ4v) is 3.66. The average Bonchev–Trinajstić information content (AvgIpc) is 2.79. The molecule has 0 bridgehead atoms. The predicted molar refractivity (Wildman–Crippen MR) is 97.1 cm³/mol. The first-order valence-electron chi connectivity index (χ1n) is 6.89. The van der Waals surface area contributed by atoms with Crippen LogP contribution in [0.25, 0.3) is 6.08 Å². The Hall–Kier alpha value is -1.63. The van der Waals surface area contributed by atoms with Crippen molar-refractivity contribution in [2.24, 2.45) is 0 Å². The van der Waals surface area contributed by atoms with Gasteiger partial charge in [0.1, 0.15) is 5.82 Å². The highest BCUT2D eigenvalue weighted by atomic mass is 79.9. The second kappa shape index (κ2) is 7.09. The highest BCUT2D eigenvalue weighted by Crippen LogP contribution is 2.34. The van der Waals surface area contributed by atoms with Gasteiger partial charge in [-0.15, -0.1) is 0 Å². The number of nitrogens with zero attached hydrogens (tertiary/aromatic N) is 1. The Morgan fingerprint density at radius 2 is 2.00 bits per heavy atom. The molecular weight excluding hydrogens is 417 g/mol. The number of amides is 2. The minimum atomic E-state index is -0.388. The number of hydrogen-bond acceptors (Lipinski definition) is 3. The van der Waals surface area contributed by atoms with E-state index in [9.17, 15) is 14.0 Å². The van der Waals surface area contributed by atoms with E-state index in [1.807, 2.05) is 0 Å². The fourth-order valence-electron chi connectivity index (χ4n) is 2.21. The lowest BCUT2D eigenvalue weighted by atomic mass is 10.2. The Morgan fingerprint density at radius 1 is 1.21 bits per heavy atom. The zero-order valence-electron chi connectivity index (χ0n) is 12.1. The van der Waals surface area contributed by atoms with Crippen LogP contribution in [0.5, 0.6) is 0 Å². The fraction of sp³-hybridized carbons (Fsp3) is 0.0588. The highest BCUT2D eigenvalue weighted by Gasteiger charge is 2.35. The van der Waals surface area contributed by atoms with Gasteiger partial charge in [-0.05, 0) is 69.2 Å². The van der Waals surface area contributed by atoms with E-state index < -0.39 is 0 Å². The van der Waals surface area contributed by atoms with Gasteiger partial charge in [0.25, 0.3) is 11.1 Å². The molecule has 0 saturated carbocycles. The first-order valence-corrected chi connectivity index (χ1v) is 8.87. The quantitative estimate of drug-likeness (QED) is 0.610. The van der Waals surface area contributed by atoms with Gasteiger partial charge in [-0.25, -0.2) is 4.39 Å². The maximum absolute atomic E-state index is 13.3. The van der Waals surface area contributed by atoms with Crippen molar-refractivity contribution in [2.75, 3.05) is 0 Å². The number of halogens is 3. The zero-order valence-corrected chi connectivity index (χ0v) is 15.3. The van der Waals surface area contributed by atoms with E-state index in [1.54, 1.807) is 42.5 Å². The summed E-state index contributed by atoms with van der Waals surface area (Å²) in [6, 6.07) is 11.4. The van der Waals surface area contributed by atoms with Crippen LogP contribution in [0.4, 0.5) is 9.18 Å². The third-order valence-electron chi connectivity index (χ3n) is 3.34. The molecule has 24 heavy (non-hydrogen) atoms. The Labute approximate surface area is 155 Å². The van der Waals surface area contributed by atoms with Crippen LogP contribution in [0.15, 0.2) is 51.8 Å². The molecule has 0 atom stereocenters. The van der Waals surface area contributed by atoms with Gasteiger partial charge in [-0.3, -0.25) is 14.5 Å². The molecule has 2 aromatic carbocycles. The Balaban J connectivity index is 1.83. The van der Waals surface area contributed by atoms with Gasteiger partial charge >= 0.3 is 0 Å². The van der Waals surface area contributed by atoms with Crippen molar-refractivity contribution in [3.8, 4) is 0 Å². The van der Waals surface area contributed by atoms with E-state index in [0.29, 0.717) is 20.0 Å². The molecule has 1 saturated heterocycles. The third-order valence-corrected chi connectivity index (χ3v) is 5.09. The molecular formula is C17H10BrClFNO2S. The number of imide groups is 1. The zero-order chi connectivity index (χ0) is 17.3. The minimum Gasteiger partial charge on any atom is -0.268 e. The van der Waals surface area contributed by atoms with E-state index >= 15 is 0 Å². The second-order valence-corrected chi connectivity index (χ2v) is 7.36. The van der Waals surface area contributed by atoms with Crippen molar-refractivity contribution in [3.05, 3.63) is 73.8 Å². The molecule has 3 rings (SSSR count). The maximum Gasteiger partial charge on any atom is 0.293 e. The van der Waals surface area contributed by atoms with E-state index in [1.165, 1.54) is 11.0 Å². The number of hydrogen-bond donors (Lipinski definition) is 0. The van der Waals surface area contributed by atoms with Crippen LogP contribution in [-0.4, -0.2) is 16.0 Å². The number of thioether (sulfide) groups is 1. The predicted octanol–water partition coefficient (Wildman–Crippen LogP) is 5.48. The molecule has 0 aromatic heterocycles. The molecule has 0 N–H and O–H groups in total. The van der Waals surface area contributed by atoms with Crippen molar-refractivity contribution >= 4 is 56.5 Å². The maximum atomic E-state index is 13.3. The van der Waals surface area contributed by atoms with Crippen LogP contribution in [-0.2, 0) is 11.3 Å². The number of carbonyl (C=O) groups excluding carboxylic acids is 2. The summed E-state index contributed by atoms with van der Waals surface area (Å²) in [5.74, 6) is -0.758. The molecule has 0 spiro atoms. The average molecular weight is 427 g/mol. The SMILES string of the molecule is O=C1S/C(=C\c2ccc(F)c(Br)c2)C(=O)N1Cc1cccc(Cl)c1. The molecule has 1 heterocycles. The standard InChI is InChI=1S/C17H10BrClFNO2S/c18-13-7-10(4-5-14(13)20)8-15-16(22)21(17(23)24-15)9-11-2-1-3-12(19)6-11/h1-8H,9H2/b15-8-. The summed E-state index contributed by atoms with van der Waals surface area (Å²) in [4.78, 5) is 26.1. The second-order valence-electron chi connectivity index (χ2n) is 5.07. The van der Waals surface area contributed by atoms with Gasteiger partial charge in [0.2, 0.25) is 0 Å². The lowest BCUT2D eigenvalue weighted by molar-refractivity contribution is -0.123. The van der Waals surface area contributed by atoms with Crippen molar-refractivity contribution in [3.63, 3.8) is 0 Å². The molecule has 3 nitrogen and oxygen atoms in total. The molecule has 2 aromatic rings. The Bertz CT molecular complexity index is 871. The minimum absolute atomic E-state index is 0.162. The van der Waals surface area contributed by atoms with E-state index in [-0.39, 0.29) is 23.5 Å². The summed E-state index contributed by atoms with van der Waals surface area (Å²) < 4.78 is 13.6. The monoisotopic (exact) mass is 425 g/mol. The first kappa shape index (κ1) is 17.2. The van der Waals surface area contributed by atoms with Crippen LogP contribution in [0.3, 0.4) is 0 Å². The van der Waals surface area contributed by atoms with Crippen LogP contribution < -0.4 is 0 Å². The normalized spacial score (nSPS) is 16.3. The van der Waals surface area contributed by atoms with Crippen molar-refractivity contribution in [1.29, 1.82) is 0 Å². The summed E-state index contributed by atoms with van der Waals surface area (Å²) >= 11 is 9.89. The summed E-state index contributed by atoms with van der Waals surface area (Å²) in [5, 5.41) is 0.207. The number of benzene rings is 2. The Morgan fingerprint density at radius 3 is 2.71 bits per heavy atom. The lowest BCUT2D eigenvalue weighted by Crippen LogP contribution is -2.27. The highest BCUT2D eigenvalue weighted by molar-refractivity contribution is 9.10. The van der Waals surface area contributed by atoms with Gasteiger partial charge in [0, 0.05) is 5.02 Å². The van der Waals surface area contributed by atoms with Gasteiger partial charge < -0.3 is 0 Å². The van der Waals surface area contributed by atoms with Gasteiger partial charge in [0.15, 0.2) is 0 Å². The smallest absolute Gasteiger partial charge is 0.268 e. The molecule has 2 amide bonds. The van der Waals surface area contributed by atoms with Crippen LogP contribution in [0.2, 0.25) is 5.02 Å². The number of rotatable bonds is 3. The summed E-state index contributed by atoms with van der Waals surface area (Å²) in [5.41, 5.74) is 1.41. The molecule has 1 aliphatic rings. The van der Waals surface area contributed by atoms with Gasteiger partial charge in [-0.2, -0.15) is 0 Å². The first-order chi connectivity index (χ1) is 11.4.